The Labute approximate surface area is 193 Å². The molecular weight excluding hydrogens is 480 g/mol. The number of thioether (sulfide) groups is 1. The summed E-state index contributed by atoms with van der Waals surface area (Å²) in [6.45, 7) is 5.84. The zero-order valence-corrected chi connectivity index (χ0v) is 19.7. The molecule has 0 aliphatic carbocycles. The number of hydrogen-bond donors (Lipinski definition) is 0. The minimum Gasteiger partial charge on any atom is -0.480 e. The predicted molar refractivity (Wildman–Crippen MR) is 124 cm³/mol. The molecule has 2 aromatic carbocycles. The van der Waals surface area contributed by atoms with Gasteiger partial charge in [0.05, 0.1) is 4.47 Å². The summed E-state index contributed by atoms with van der Waals surface area (Å²) in [7, 11) is 0. The van der Waals surface area contributed by atoms with Crippen LogP contribution in [-0.4, -0.2) is 32.8 Å². The molecule has 1 atom stereocenters. The highest BCUT2D eigenvalue weighted by molar-refractivity contribution is 9.10. The van der Waals surface area contributed by atoms with E-state index in [0.717, 1.165) is 16.8 Å². The molecule has 0 unspecified atom stereocenters. The molecule has 0 amide bonds. The summed E-state index contributed by atoms with van der Waals surface area (Å²) >= 11 is 4.77. The minimum atomic E-state index is -0.470. The van der Waals surface area contributed by atoms with E-state index in [9.17, 15) is 10.1 Å². The van der Waals surface area contributed by atoms with Gasteiger partial charge < -0.3 is 4.74 Å². The van der Waals surface area contributed by atoms with Crippen LogP contribution in [-0.2, 0) is 0 Å². The van der Waals surface area contributed by atoms with Crippen LogP contribution in [0.15, 0.2) is 46.0 Å². The first-order valence-electron chi connectivity index (χ1n) is 9.44. The fourth-order valence-corrected chi connectivity index (χ4v) is 4.68. The maximum atomic E-state index is 11.4. The molecule has 0 aliphatic heterocycles. The van der Waals surface area contributed by atoms with Crippen molar-refractivity contribution in [3.63, 3.8) is 0 Å². The van der Waals surface area contributed by atoms with Crippen LogP contribution in [0.1, 0.15) is 27.8 Å². The van der Waals surface area contributed by atoms with Crippen molar-refractivity contribution >= 4 is 27.7 Å². The average Bonchev–Trinajstić information content (AvgIpc) is 3.08. The predicted octanol–water partition coefficient (Wildman–Crippen LogP) is 5.08. The van der Waals surface area contributed by atoms with E-state index in [2.05, 4.69) is 45.0 Å². The lowest BCUT2D eigenvalue weighted by Crippen LogP contribution is -2.11. The van der Waals surface area contributed by atoms with Gasteiger partial charge in [-0.2, -0.15) is 0 Å². The number of terminal acetylenes is 1. The smallest absolute Gasteiger partial charge is 0.220 e. The van der Waals surface area contributed by atoms with E-state index in [1.54, 1.807) is 12.1 Å². The van der Waals surface area contributed by atoms with Crippen molar-refractivity contribution < 1.29 is 9.66 Å². The Morgan fingerprint density at radius 3 is 2.65 bits per heavy atom. The highest BCUT2D eigenvalue weighted by Crippen LogP contribution is 2.38. The summed E-state index contributed by atoms with van der Waals surface area (Å²) in [6, 6.07) is 11.5. The van der Waals surface area contributed by atoms with E-state index >= 15 is 0 Å². The molecule has 0 bridgehead atoms. The number of aromatic nitrogens is 3. The quantitative estimate of drug-likeness (QED) is 0.185. The normalized spacial score (nSPS) is 11.7. The highest BCUT2D eigenvalue weighted by Gasteiger charge is 2.24. The van der Waals surface area contributed by atoms with Crippen LogP contribution in [0.5, 0.6) is 5.75 Å². The summed E-state index contributed by atoms with van der Waals surface area (Å²) in [5, 5.41) is 20.0. The number of benzene rings is 2. The minimum absolute atomic E-state index is 0.142. The molecule has 7 nitrogen and oxygen atoms in total. The first-order valence-corrected chi connectivity index (χ1v) is 11.1. The number of nitrogens with zero attached hydrogens (tertiary/aromatic N) is 4. The van der Waals surface area contributed by atoms with Crippen molar-refractivity contribution in [3.05, 3.63) is 73.5 Å². The summed E-state index contributed by atoms with van der Waals surface area (Å²) in [4.78, 5) is 11.1. The first-order chi connectivity index (χ1) is 14.8. The maximum absolute atomic E-state index is 11.4. The van der Waals surface area contributed by atoms with Gasteiger partial charge in [-0.05, 0) is 77.7 Å². The molecule has 0 saturated heterocycles. The van der Waals surface area contributed by atoms with E-state index in [1.807, 2.05) is 36.6 Å². The van der Waals surface area contributed by atoms with Gasteiger partial charge in [0.2, 0.25) is 6.54 Å². The van der Waals surface area contributed by atoms with E-state index in [-0.39, 0.29) is 18.1 Å². The van der Waals surface area contributed by atoms with Gasteiger partial charge in [0.1, 0.15) is 23.4 Å². The highest BCUT2D eigenvalue weighted by atomic mass is 79.9. The topological polar surface area (TPSA) is 83.1 Å². The van der Waals surface area contributed by atoms with Crippen LogP contribution in [0.25, 0.3) is 5.69 Å². The van der Waals surface area contributed by atoms with Gasteiger partial charge in [-0.15, -0.1) is 16.6 Å². The molecule has 0 radical (unpaired) electrons. The second kappa shape index (κ2) is 9.98. The Morgan fingerprint density at radius 1 is 1.23 bits per heavy atom. The summed E-state index contributed by atoms with van der Waals surface area (Å²) in [6.07, 6.45) is 5.24. The molecule has 0 fully saturated rings. The molecule has 3 rings (SSSR count). The number of halogens is 1. The third kappa shape index (κ3) is 5.46. The van der Waals surface area contributed by atoms with Crippen LogP contribution in [0.3, 0.4) is 0 Å². The van der Waals surface area contributed by atoms with Gasteiger partial charge in [-0.25, -0.2) is 0 Å². The number of ether oxygens (including phenoxy) is 1. The van der Waals surface area contributed by atoms with Crippen molar-refractivity contribution in [3.8, 4) is 23.8 Å². The zero-order valence-electron chi connectivity index (χ0n) is 17.3. The van der Waals surface area contributed by atoms with Gasteiger partial charge in [0, 0.05) is 10.6 Å². The Morgan fingerprint density at radius 2 is 2.00 bits per heavy atom. The van der Waals surface area contributed by atoms with E-state index in [1.165, 1.54) is 17.3 Å². The van der Waals surface area contributed by atoms with Crippen molar-refractivity contribution in [2.24, 2.45) is 0 Å². The fourth-order valence-electron chi connectivity index (χ4n) is 3.01. The van der Waals surface area contributed by atoms with Gasteiger partial charge in [-0.1, -0.05) is 29.8 Å². The van der Waals surface area contributed by atoms with Crippen molar-refractivity contribution in [1.82, 2.24) is 14.8 Å². The molecule has 0 aliphatic rings. The number of rotatable bonds is 8. The van der Waals surface area contributed by atoms with Crippen molar-refractivity contribution in [1.29, 1.82) is 0 Å². The molecule has 0 spiro atoms. The van der Waals surface area contributed by atoms with Gasteiger partial charge >= 0.3 is 0 Å². The third-order valence-electron chi connectivity index (χ3n) is 4.75. The first kappa shape index (κ1) is 22.8. The zero-order chi connectivity index (χ0) is 22.5. The van der Waals surface area contributed by atoms with Crippen LogP contribution < -0.4 is 4.74 Å². The van der Waals surface area contributed by atoms with Crippen LogP contribution in [0, 0.1) is 43.2 Å². The third-order valence-corrected chi connectivity index (χ3v) is 6.55. The van der Waals surface area contributed by atoms with Crippen LogP contribution in [0.4, 0.5) is 0 Å². The summed E-state index contributed by atoms with van der Waals surface area (Å²) in [5.41, 5.74) is 4.03. The lowest BCUT2D eigenvalue weighted by molar-refractivity contribution is -0.479. The largest absolute Gasteiger partial charge is 0.480 e. The van der Waals surface area contributed by atoms with Crippen molar-refractivity contribution in [2.75, 3.05) is 13.2 Å². The lowest BCUT2D eigenvalue weighted by Gasteiger charge is -2.16. The monoisotopic (exact) mass is 500 g/mol. The van der Waals surface area contributed by atoms with Gasteiger partial charge in [-0.3, -0.25) is 14.7 Å². The standard InChI is InChI=1S/C22H21BrN4O3S/c1-5-10-30-20-9-7-17(12-19(20)23)21(13-26(28)29)31-22-25-24-16(4)27(22)18-8-6-14(2)15(3)11-18/h1,6-9,11-12,21H,10,13H2,2-4H3/t21-/m1/s1. The Balaban J connectivity index is 1.96. The Bertz CT molecular complexity index is 1160. The van der Waals surface area contributed by atoms with E-state index in [0.29, 0.717) is 21.2 Å². The summed E-state index contributed by atoms with van der Waals surface area (Å²) < 4.78 is 8.07. The Hall–Kier alpha value is -2.83. The molecule has 160 valence electrons. The molecule has 0 saturated carbocycles. The van der Waals surface area contributed by atoms with E-state index in [4.69, 9.17) is 11.2 Å². The molecular formula is C22H21BrN4O3S. The van der Waals surface area contributed by atoms with E-state index < -0.39 is 5.25 Å². The Kier molecular flexibility index (Phi) is 7.36. The molecule has 1 heterocycles. The molecule has 9 heteroatoms. The number of aryl methyl sites for hydroxylation is 3. The van der Waals surface area contributed by atoms with Crippen molar-refractivity contribution in [2.45, 2.75) is 31.2 Å². The molecule has 31 heavy (non-hydrogen) atoms. The summed E-state index contributed by atoms with van der Waals surface area (Å²) in [5.74, 6) is 3.71. The molecule has 0 N–H and O–H groups in total. The fraction of sp³-hybridized carbons (Fsp3) is 0.273. The molecule has 1 aromatic heterocycles. The average molecular weight is 501 g/mol. The molecule has 3 aromatic rings. The SMILES string of the molecule is C#CCOc1ccc([C@@H](C[N+](=O)[O-])Sc2nnc(C)n2-c2ccc(C)c(C)c2)cc1Br. The second-order valence-electron chi connectivity index (χ2n) is 6.94. The van der Waals surface area contributed by atoms with Gasteiger partial charge in [0.25, 0.3) is 0 Å². The second-order valence-corrected chi connectivity index (χ2v) is 8.96. The van der Waals surface area contributed by atoms with Crippen LogP contribution >= 0.6 is 27.7 Å². The number of nitro groups is 1. The van der Waals surface area contributed by atoms with Gasteiger partial charge in [0.15, 0.2) is 5.16 Å². The lowest BCUT2D eigenvalue weighted by atomic mass is 10.1. The maximum Gasteiger partial charge on any atom is 0.220 e. The number of hydrogen-bond acceptors (Lipinski definition) is 6. The van der Waals surface area contributed by atoms with Crippen LogP contribution in [0.2, 0.25) is 0 Å².